The number of alkyl halides is 6. The Kier molecular flexibility index (Phi) is 9.89. The molecule has 1 saturated heterocycles. The molecule has 13 heteroatoms. The molecule has 2 aliphatic heterocycles. The standard InChI is InChI=1S/C27H27F6NO5.ClH/c1-16(26(28,29)30)39-23-5-2-17(11-22(23)27(31,32)33)14-37-21-4-3-20-10-18(15-38-24(20)12-21)13-34-8-6-19(7-9-34)25(35)36;/h2-5,10-12,16,19H,6-9,13-15H2,1H3,(H,35,36);1H/t16-;/m0./s1. The Balaban J connectivity index is 0.00000441. The van der Waals surface area contributed by atoms with Gasteiger partial charge in [0.25, 0.3) is 0 Å². The molecule has 0 aromatic heterocycles. The number of carboxylic acids is 1. The molecule has 220 valence electrons. The van der Waals surface area contributed by atoms with Gasteiger partial charge in [0, 0.05) is 18.2 Å². The lowest BCUT2D eigenvalue weighted by Crippen LogP contribution is -2.38. The smallest absolute Gasteiger partial charge is 0.425 e. The summed E-state index contributed by atoms with van der Waals surface area (Å²) in [6.45, 7) is 2.76. The number of hydrogen-bond acceptors (Lipinski definition) is 5. The first-order valence-electron chi connectivity index (χ1n) is 12.3. The van der Waals surface area contributed by atoms with E-state index in [2.05, 4.69) is 9.64 Å². The molecule has 0 spiro atoms. The van der Waals surface area contributed by atoms with Gasteiger partial charge >= 0.3 is 18.3 Å². The predicted octanol–water partition coefficient (Wildman–Crippen LogP) is 6.61. The fraction of sp³-hybridized carbons (Fsp3) is 0.444. The number of halogens is 7. The maximum atomic E-state index is 13.5. The number of nitrogens with zero attached hydrogens (tertiary/aromatic N) is 1. The number of benzene rings is 2. The van der Waals surface area contributed by atoms with E-state index < -0.39 is 35.7 Å². The lowest BCUT2D eigenvalue weighted by Gasteiger charge is -2.31. The number of ether oxygens (including phenoxy) is 3. The van der Waals surface area contributed by atoms with Crippen molar-refractivity contribution in [2.45, 2.75) is 44.8 Å². The number of carbonyl (C=O) groups is 1. The van der Waals surface area contributed by atoms with Gasteiger partial charge in [0.2, 0.25) is 0 Å². The Morgan fingerprint density at radius 3 is 2.42 bits per heavy atom. The van der Waals surface area contributed by atoms with E-state index in [0.29, 0.717) is 63.6 Å². The van der Waals surface area contributed by atoms with E-state index in [-0.39, 0.29) is 30.5 Å². The molecular formula is C27H28ClF6NO5. The summed E-state index contributed by atoms with van der Waals surface area (Å²) in [5, 5.41) is 9.14. The van der Waals surface area contributed by atoms with E-state index in [0.717, 1.165) is 17.2 Å². The first kappa shape index (κ1) is 31.4. The lowest BCUT2D eigenvalue weighted by molar-refractivity contribution is -0.191. The molecule has 0 saturated carbocycles. The first-order valence-corrected chi connectivity index (χ1v) is 12.3. The molecule has 0 amide bonds. The van der Waals surface area contributed by atoms with Gasteiger partial charge in [-0.3, -0.25) is 9.69 Å². The highest BCUT2D eigenvalue weighted by Gasteiger charge is 2.41. The number of likely N-dealkylation sites (tertiary alicyclic amines) is 1. The average Bonchev–Trinajstić information content (AvgIpc) is 2.87. The molecule has 1 atom stereocenters. The summed E-state index contributed by atoms with van der Waals surface area (Å²) >= 11 is 0. The maximum Gasteiger partial charge on any atom is 0.425 e. The summed E-state index contributed by atoms with van der Waals surface area (Å²) in [4.78, 5) is 13.3. The molecule has 40 heavy (non-hydrogen) atoms. The minimum Gasteiger partial charge on any atom is -0.489 e. The molecule has 2 heterocycles. The summed E-state index contributed by atoms with van der Waals surface area (Å²) < 4.78 is 94.9. The van der Waals surface area contributed by atoms with Crippen LogP contribution < -0.4 is 14.2 Å². The van der Waals surface area contributed by atoms with E-state index in [1.54, 1.807) is 18.2 Å². The molecule has 1 fully saturated rings. The zero-order chi connectivity index (χ0) is 28.4. The summed E-state index contributed by atoms with van der Waals surface area (Å²) in [7, 11) is 0. The molecule has 1 N–H and O–H groups in total. The number of hydrogen-bond donors (Lipinski definition) is 1. The van der Waals surface area contributed by atoms with Crippen LogP contribution in [0.1, 0.15) is 36.5 Å². The molecule has 2 aliphatic rings. The van der Waals surface area contributed by atoms with Crippen molar-refractivity contribution in [3.63, 3.8) is 0 Å². The van der Waals surface area contributed by atoms with E-state index >= 15 is 0 Å². The van der Waals surface area contributed by atoms with E-state index in [9.17, 15) is 31.1 Å². The third kappa shape index (κ3) is 7.97. The minimum absolute atomic E-state index is 0. The molecule has 0 aliphatic carbocycles. The van der Waals surface area contributed by atoms with Crippen LogP contribution in [-0.4, -0.2) is 54.5 Å². The Hall–Kier alpha value is -3.12. The first-order chi connectivity index (χ1) is 18.3. The highest BCUT2D eigenvalue weighted by atomic mass is 35.5. The van der Waals surface area contributed by atoms with Crippen LogP contribution in [0.25, 0.3) is 6.08 Å². The number of rotatable bonds is 8. The van der Waals surface area contributed by atoms with Crippen LogP contribution in [0.4, 0.5) is 26.3 Å². The molecular weight excluding hydrogens is 568 g/mol. The quantitative estimate of drug-likeness (QED) is 0.347. The molecule has 0 radical (unpaired) electrons. The van der Waals surface area contributed by atoms with Gasteiger partial charge in [-0.1, -0.05) is 6.07 Å². The van der Waals surface area contributed by atoms with Crippen molar-refractivity contribution >= 4 is 24.5 Å². The van der Waals surface area contributed by atoms with Gasteiger partial charge in [-0.25, -0.2) is 0 Å². The lowest BCUT2D eigenvalue weighted by atomic mass is 9.96. The number of fused-ring (bicyclic) bond motifs is 1. The molecule has 0 unspecified atom stereocenters. The molecule has 0 bridgehead atoms. The summed E-state index contributed by atoms with van der Waals surface area (Å²) in [6, 6.07) is 7.81. The van der Waals surface area contributed by atoms with Gasteiger partial charge in [0.15, 0.2) is 6.10 Å². The van der Waals surface area contributed by atoms with Gasteiger partial charge in [-0.15, -0.1) is 12.4 Å². The highest BCUT2D eigenvalue weighted by molar-refractivity contribution is 5.85. The Bertz CT molecular complexity index is 1220. The van der Waals surface area contributed by atoms with Gasteiger partial charge < -0.3 is 19.3 Å². The normalized spacial score (nSPS) is 17.1. The van der Waals surface area contributed by atoms with Crippen molar-refractivity contribution < 1.29 is 50.5 Å². The number of carboxylic acid groups (broad SMARTS) is 1. The summed E-state index contributed by atoms with van der Waals surface area (Å²) in [6.07, 6.45) is -8.94. The van der Waals surface area contributed by atoms with Crippen LogP contribution in [0, 0.1) is 5.92 Å². The second kappa shape index (κ2) is 12.6. The van der Waals surface area contributed by atoms with E-state index in [4.69, 9.17) is 14.6 Å². The average molecular weight is 596 g/mol. The third-order valence-electron chi connectivity index (χ3n) is 6.64. The predicted molar refractivity (Wildman–Crippen MR) is 136 cm³/mol. The molecule has 4 rings (SSSR count). The van der Waals surface area contributed by atoms with Gasteiger partial charge in [0.1, 0.15) is 30.5 Å². The fourth-order valence-corrected chi connectivity index (χ4v) is 4.41. The zero-order valence-electron chi connectivity index (χ0n) is 21.3. The monoisotopic (exact) mass is 595 g/mol. The van der Waals surface area contributed by atoms with Crippen LogP contribution >= 0.6 is 12.4 Å². The van der Waals surface area contributed by atoms with Gasteiger partial charge in [-0.2, -0.15) is 26.3 Å². The number of aliphatic carboxylic acids is 1. The van der Waals surface area contributed by atoms with Crippen molar-refractivity contribution in [3.8, 4) is 17.2 Å². The highest BCUT2D eigenvalue weighted by Crippen LogP contribution is 2.39. The zero-order valence-corrected chi connectivity index (χ0v) is 22.2. The summed E-state index contributed by atoms with van der Waals surface area (Å²) in [5.74, 6) is -1.08. The van der Waals surface area contributed by atoms with E-state index in [1.807, 2.05) is 6.08 Å². The van der Waals surface area contributed by atoms with Crippen molar-refractivity contribution in [2.24, 2.45) is 5.92 Å². The fourth-order valence-electron chi connectivity index (χ4n) is 4.41. The minimum atomic E-state index is -4.92. The maximum absolute atomic E-state index is 13.5. The largest absolute Gasteiger partial charge is 0.489 e. The second-order valence-electron chi connectivity index (χ2n) is 9.60. The van der Waals surface area contributed by atoms with Crippen molar-refractivity contribution in [1.29, 1.82) is 0 Å². The molecule has 2 aromatic carbocycles. The SMILES string of the molecule is C[C@H](Oc1ccc(COc2ccc3c(c2)OCC(CN2CCC(C(=O)O)CC2)=C3)cc1C(F)(F)F)C(F)(F)F.Cl. The van der Waals surface area contributed by atoms with Crippen molar-refractivity contribution in [1.82, 2.24) is 4.90 Å². The van der Waals surface area contributed by atoms with Crippen LogP contribution in [0.15, 0.2) is 42.0 Å². The van der Waals surface area contributed by atoms with Crippen LogP contribution in [0.5, 0.6) is 17.2 Å². The molecule has 6 nitrogen and oxygen atoms in total. The van der Waals surface area contributed by atoms with Gasteiger partial charge in [0.05, 0.1) is 11.5 Å². The number of piperidine rings is 1. The van der Waals surface area contributed by atoms with Gasteiger partial charge in [-0.05, 0) is 74.3 Å². The Morgan fingerprint density at radius 1 is 1.10 bits per heavy atom. The third-order valence-corrected chi connectivity index (χ3v) is 6.64. The summed E-state index contributed by atoms with van der Waals surface area (Å²) in [5.41, 5.74) is 0.621. The molecule has 2 aromatic rings. The van der Waals surface area contributed by atoms with Crippen LogP contribution in [0.3, 0.4) is 0 Å². The van der Waals surface area contributed by atoms with Crippen molar-refractivity contribution in [3.05, 3.63) is 58.7 Å². The van der Waals surface area contributed by atoms with Crippen LogP contribution in [0.2, 0.25) is 0 Å². The Morgan fingerprint density at radius 2 is 1.80 bits per heavy atom. The second-order valence-corrected chi connectivity index (χ2v) is 9.60. The van der Waals surface area contributed by atoms with Crippen LogP contribution in [-0.2, 0) is 17.6 Å². The Labute approximate surface area is 232 Å². The topological polar surface area (TPSA) is 68.2 Å². The van der Waals surface area contributed by atoms with Crippen molar-refractivity contribution in [2.75, 3.05) is 26.2 Å². The van der Waals surface area contributed by atoms with E-state index in [1.165, 1.54) is 6.07 Å².